The van der Waals surface area contributed by atoms with Crippen LogP contribution in [0.3, 0.4) is 0 Å². The molecule has 1 unspecified atom stereocenters. The zero-order valence-corrected chi connectivity index (χ0v) is 14.0. The zero-order valence-electron chi connectivity index (χ0n) is 11.6. The summed E-state index contributed by atoms with van der Waals surface area (Å²) >= 11 is 5.05. The third kappa shape index (κ3) is 4.18. The van der Waals surface area contributed by atoms with Gasteiger partial charge < -0.3 is 10.6 Å². The van der Waals surface area contributed by atoms with Crippen LogP contribution in [0, 0.1) is 0 Å². The van der Waals surface area contributed by atoms with Crippen LogP contribution < -0.4 is 10.6 Å². The molecule has 0 radical (unpaired) electrons. The molecular formula is C14H18BrN3OS. The van der Waals surface area contributed by atoms with Gasteiger partial charge in [-0.1, -0.05) is 34.2 Å². The Hall–Kier alpha value is -1.14. The summed E-state index contributed by atoms with van der Waals surface area (Å²) in [5.74, 6) is 0.0794. The van der Waals surface area contributed by atoms with Crippen LogP contribution in [0.15, 0.2) is 22.7 Å². The Morgan fingerprint density at radius 1 is 1.50 bits per heavy atom. The predicted molar refractivity (Wildman–Crippen MR) is 88.3 cm³/mol. The minimum absolute atomic E-state index is 0.0794. The van der Waals surface area contributed by atoms with Crippen molar-refractivity contribution >= 4 is 48.5 Å². The van der Waals surface area contributed by atoms with E-state index in [0.717, 1.165) is 26.2 Å². The molecule has 1 heterocycles. The molecule has 1 atom stereocenters. The highest BCUT2D eigenvalue weighted by atomic mass is 79.9. The quantitative estimate of drug-likeness (QED) is 0.828. The maximum Gasteiger partial charge on any atom is 0.221 e. The van der Waals surface area contributed by atoms with E-state index in [1.807, 2.05) is 25.1 Å². The van der Waals surface area contributed by atoms with E-state index < -0.39 is 0 Å². The monoisotopic (exact) mass is 355 g/mol. The molecular weight excluding hydrogens is 338 g/mol. The second-order valence-corrected chi connectivity index (χ2v) is 6.63. The Bertz CT molecular complexity index is 599. The number of fused-ring (bicyclic) bond motifs is 1. The highest BCUT2D eigenvalue weighted by Gasteiger charge is 2.07. The van der Waals surface area contributed by atoms with Gasteiger partial charge in [-0.15, -0.1) is 0 Å². The van der Waals surface area contributed by atoms with Crippen molar-refractivity contribution in [1.82, 2.24) is 10.3 Å². The smallest absolute Gasteiger partial charge is 0.221 e. The maximum absolute atomic E-state index is 11.6. The van der Waals surface area contributed by atoms with E-state index in [0.29, 0.717) is 13.0 Å². The van der Waals surface area contributed by atoms with Crippen molar-refractivity contribution in [3.05, 3.63) is 22.7 Å². The van der Waals surface area contributed by atoms with Crippen LogP contribution in [0.4, 0.5) is 5.13 Å². The first kappa shape index (κ1) is 15.3. The summed E-state index contributed by atoms with van der Waals surface area (Å²) in [6.45, 7) is 4.67. The van der Waals surface area contributed by atoms with Crippen molar-refractivity contribution in [2.45, 2.75) is 32.7 Å². The number of carbonyl (C=O) groups is 1. The van der Waals surface area contributed by atoms with E-state index >= 15 is 0 Å². The SMILES string of the molecule is CCC(C)NC(=O)CCNc1nc2ccc(Br)cc2s1. The highest BCUT2D eigenvalue weighted by molar-refractivity contribution is 9.10. The maximum atomic E-state index is 11.6. The van der Waals surface area contributed by atoms with Gasteiger partial charge in [0.15, 0.2) is 5.13 Å². The number of carbonyl (C=O) groups excluding carboxylic acids is 1. The van der Waals surface area contributed by atoms with Gasteiger partial charge in [0.1, 0.15) is 0 Å². The third-order valence-electron chi connectivity index (χ3n) is 3.00. The summed E-state index contributed by atoms with van der Waals surface area (Å²) in [7, 11) is 0. The minimum Gasteiger partial charge on any atom is -0.361 e. The van der Waals surface area contributed by atoms with Crippen molar-refractivity contribution in [3.63, 3.8) is 0 Å². The van der Waals surface area contributed by atoms with Crippen LogP contribution >= 0.6 is 27.3 Å². The fourth-order valence-corrected chi connectivity index (χ4v) is 3.15. The van der Waals surface area contributed by atoms with Gasteiger partial charge in [-0.2, -0.15) is 0 Å². The number of thiazole rings is 1. The molecule has 0 saturated heterocycles. The lowest BCUT2D eigenvalue weighted by Gasteiger charge is -2.11. The van der Waals surface area contributed by atoms with Gasteiger partial charge in [-0.3, -0.25) is 4.79 Å². The largest absolute Gasteiger partial charge is 0.361 e. The molecule has 1 aromatic heterocycles. The summed E-state index contributed by atoms with van der Waals surface area (Å²) in [6.07, 6.45) is 1.41. The number of benzene rings is 1. The van der Waals surface area contributed by atoms with Crippen LogP contribution in [-0.4, -0.2) is 23.5 Å². The number of anilines is 1. The van der Waals surface area contributed by atoms with Gasteiger partial charge in [-0.25, -0.2) is 4.98 Å². The van der Waals surface area contributed by atoms with Gasteiger partial charge >= 0.3 is 0 Å². The second-order valence-electron chi connectivity index (χ2n) is 4.68. The summed E-state index contributed by atoms with van der Waals surface area (Å²) in [5.41, 5.74) is 0.977. The van der Waals surface area contributed by atoms with E-state index in [1.165, 1.54) is 0 Å². The molecule has 6 heteroatoms. The molecule has 0 saturated carbocycles. The van der Waals surface area contributed by atoms with Gasteiger partial charge in [0.25, 0.3) is 0 Å². The number of aromatic nitrogens is 1. The number of halogens is 1. The van der Waals surface area contributed by atoms with Crippen molar-refractivity contribution < 1.29 is 4.79 Å². The fourth-order valence-electron chi connectivity index (χ4n) is 1.71. The van der Waals surface area contributed by atoms with Crippen LogP contribution in [0.5, 0.6) is 0 Å². The number of rotatable bonds is 6. The van der Waals surface area contributed by atoms with Crippen LogP contribution in [0.25, 0.3) is 10.2 Å². The summed E-state index contributed by atoms with van der Waals surface area (Å²) in [4.78, 5) is 16.1. The number of amides is 1. The first-order valence-corrected chi connectivity index (χ1v) is 8.28. The lowest BCUT2D eigenvalue weighted by atomic mass is 10.2. The molecule has 0 aliphatic rings. The Balaban J connectivity index is 1.85. The molecule has 0 aliphatic carbocycles. The summed E-state index contributed by atoms with van der Waals surface area (Å²) < 4.78 is 2.18. The van der Waals surface area contributed by atoms with Crippen molar-refractivity contribution in [2.24, 2.45) is 0 Å². The topological polar surface area (TPSA) is 54.0 Å². The normalized spacial score (nSPS) is 12.3. The summed E-state index contributed by atoms with van der Waals surface area (Å²) in [6, 6.07) is 6.25. The van der Waals surface area contributed by atoms with Crippen molar-refractivity contribution in [3.8, 4) is 0 Å². The molecule has 2 rings (SSSR count). The second kappa shape index (κ2) is 7.04. The predicted octanol–water partition coefficient (Wildman–Crippen LogP) is 3.78. The third-order valence-corrected chi connectivity index (χ3v) is 4.47. The Kier molecular flexibility index (Phi) is 5.37. The van der Waals surface area contributed by atoms with E-state index in [-0.39, 0.29) is 11.9 Å². The first-order chi connectivity index (χ1) is 9.58. The average Bonchev–Trinajstić information content (AvgIpc) is 2.80. The molecule has 1 aromatic carbocycles. The van der Waals surface area contributed by atoms with Gasteiger partial charge in [0.2, 0.25) is 5.91 Å². The van der Waals surface area contributed by atoms with Crippen molar-refractivity contribution in [1.29, 1.82) is 0 Å². The zero-order chi connectivity index (χ0) is 14.5. The number of hydrogen-bond donors (Lipinski definition) is 2. The van der Waals surface area contributed by atoms with Gasteiger partial charge in [-0.05, 0) is 31.5 Å². The molecule has 0 aliphatic heterocycles. The number of hydrogen-bond acceptors (Lipinski definition) is 4. The van der Waals surface area contributed by atoms with Crippen molar-refractivity contribution in [2.75, 3.05) is 11.9 Å². The lowest BCUT2D eigenvalue weighted by molar-refractivity contribution is -0.121. The lowest BCUT2D eigenvalue weighted by Crippen LogP contribution is -2.32. The molecule has 108 valence electrons. The number of nitrogens with one attached hydrogen (secondary N) is 2. The Morgan fingerprint density at radius 3 is 3.05 bits per heavy atom. The van der Waals surface area contributed by atoms with Crippen LogP contribution in [0.1, 0.15) is 26.7 Å². The van der Waals surface area contributed by atoms with E-state index in [4.69, 9.17) is 0 Å². The van der Waals surface area contributed by atoms with Crippen LogP contribution in [-0.2, 0) is 4.79 Å². The van der Waals surface area contributed by atoms with E-state index in [2.05, 4.69) is 38.5 Å². The molecule has 0 fully saturated rings. The number of nitrogens with zero attached hydrogens (tertiary/aromatic N) is 1. The summed E-state index contributed by atoms with van der Waals surface area (Å²) in [5, 5.41) is 7.01. The highest BCUT2D eigenvalue weighted by Crippen LogP contribution is 2.28. The molecule has 1 amide bonds. The standard InChI is InChI=1S/C14H18BrN3OS/c1-3-9(2)17-13(19)6-7-16-14-18-11-5-4-10(15)8-12(11)20-14/h4-5,8-9H,3,6-7H2,1-2H3,(H,16,18)(H,17,19). The molecule has 20 heavy (non-hydrogen) atoms. The Labute approximate surface area is 131 Å². The van der Waals surface area contributed by atoms with Crippen LogP contribution in [0.2, 0.25) is 0 Å². The minimum atomic E-state index is 0.0794. The Morgan fingerprint density at radius 2 is 2.30 bits per heavy atom. The molecule has 0 bridgehead atoms. The van der Waals surface area contributed by atoms with E-state index in [9.17, 15) is 4.79 Å². The average molecular weight is 356 g/mol. The first-order valence-electron chi connectivity index (χ1n) is 6.68. The molecule has 4 nitrogen and oxygen atoms in total. The van der Waals surface area contributed by atoms with Gasteiger partial charge in [0.05, 0.1) is 10.2 Å². The van der Waals surface area contributed by atoms with E-state index in [1.54, 1.807) is 11.3 Å². The van der Waals surface area contributed by atoms with Gasteiger partial charge in [0, 0.05) is 23.5 Å². The molecule has 2 aromatic rings. The molecule has 2 N–H and O–H groups in total. The fraction of sp³-hybridized carbons (Fsp3) is 0.429. The molecule has 0 spiro atoms.